The fourth-order valence-electron chi connectivity index (χ4n) is 8.64. The zero-order valence-corrected chi connectivity index (χ0v) is 30.8. The van der Waals surface area contributed by atoms with Crippen LogP contribution in [0.1, 0.15) is 58.9 Å². The molecule has 5 heteroatoms. The van der Waals surface area contributed by atoms with Crippen LogP contribution in [0.3, 0.4) is 0 Å². The Morgan fingerprint density at radius 1 is 0.625 bits per heavy atom. The van der Waals surface area contributed by atoms with Crippen molar-refractivity contribution in [1.82, 2.24) is 9.88 Å². The second-order valence-electron chi connectivity index (χ2n) is 14.8. The number of aromatic nitrogens is 1. The van der Waals surface area contributed by atoms with Crippen LogP contribution in [0.4, 0.5) is 0 Å². The van der Waals surface area contributed by atoms with Gasteiger partial charge in [-0.2, -0.15) is 0 Å². The minimum atomic E-state index is -0.241. The molecular formula is C51H38N4O. The largest absolute Gasteiger partial charge is 0.456 e. The van der Waals surface area contributed by atoms with E-state index in [1.54, 1.807) is 0 Å². The number of nitrogens with zero attached hydrogens (tertiary/aromatic N) is 3. The molecule has 0 amide bonds. The molecule has 0 spiro atoms. The van der Waals surface area contributed by atoms with Crippen LogP contribution in [0.25, 0.3) is 61.3 Å². The summed E-state index contributed by atoms with van der Waals surface area (Å²) in [4.78, 5) is 10.1. The molecule has 1 N–H and O–H groups in total. The van der Waals surface area contributed by atoms with Crippen LogP contribution < -0.4 is 5.32 Å². The summed E-state index contributed by atoms with van der Waals surface area (Å²) in [5.74, 6) is 1.52. The number of nitrogens with one attached hydrogen (secondary N) is 1. The van der Waals surface area contributed by atoms with Gasteiger partial charge >= 0.3 is 0 Å². The van der Waals surface area contributed by atoms with Gasteiger partial charge in [-0.25, -0.2) is 9.98 Å². The van der Waals surface area contributed by atoms with Gasteiger partial charge in [0.2, 0.25) is 0 Å². The molecule has 0 saturated heterocycles. The maximum absolute atomic E-state index is 6.67. The Bertz CT molecular complexity index is 2980. The van der Waals surface area contributed by atoms with Crippen molar-refractivity contribution in [2.75, 3.05) is 0 Å². The van der Waals surface area contributed by atoms with E-state index < -0.39 is 0 Å². The second kappa shape index (κ2) is 13.4. The van der Waals surface area contributed by atoms with Gasteiger partial charge in [0.15, 0.2) is 5.84 Å². The first kappa shape index (κ1) is 32.5. The zero-order chi connectivity index (χ0) is 37.0. The highest BCUT2D eigenvalue weighted by molar-refractivity contribution is 6.14. The lowest BCUT2D eigenvalue weighted by molar-refractivity contribution is 0.668. The third-order valence-electron chi connectivity index (χ3n) is 11.4. The summed E-state index contributed by atoms with van der Waals surface area (Å²) in [6.45, 7) is 0. The van der Waals surface area contributed by atoms with Crippen LogP contribution in [0.15, 0.2) is 178 Å². The van der Waals surface area contributed by atoms with Crippen molar-refractivity contribution in [1.29, 1.82) is 0 Å². The quantitative estimate of drug-likeness (QED) is 0.186. The van der Waals surface area contributed by atoms with Gasteiger partial charge < -0.3 is 14.3 Å². The van der Waals surface area contributed by atoms with E-state index in [1.165, 1.54) is 33.3 Å². The van der Waals surface area contributed by atoms with E-state index >= 15 is 0 Å². The Balaban J connectivity index is 0.981. The van der Waals surface area contributed by atoms with Gasteiger partial charge in [0.25, 0.3) is 0 Å². The summed E-state index contributed by atoms with van der Waals surface area (Å²) in [6, 6.07) is 49.3. The Hall–Kier alpha value is -6.98. The third-order valence-corrected chi connectivity index (χ3v) is 11.4. The first-order valence-corrected chi connectivity index (χ1v) is 19.6. The average Bonchev–Trinajstić information content (AvgIpc) is 3.82. The SMILES string of the molecule is C1=CC(c2ccc3c4c(n(-c5ccc6c(c5)oc5cccc(-c7ccc(C8=NC(c9ccccc9)NC(c9ccccc9)=N8)cc7)c56)c3c2)CCC=C4)=CCC1. The topological polar surface area (TPSA) is 54.8 Å². The number of amidine groups is 2. The molecular weight excluding hydrogens is 685 g/mol. The molecule has 5 nitrogen and oxygen atoms in total. The number of hydrogen-bond donors (Lipinski definition) is 1. The number of fused-ring (bicyclic) bond motifs is 6. The highest BCUT2D eigenvalue weighted by Crippen LogP contribution is 2.40. The molecule has 0 saturated carbocycles. The van der Waals surface area contributed by atoms with Gasteiger partial charge in [0, 0.05) is 50.3 Å². The molecule has 3 aliphatic rings. The van der Waals surface area contributed by atoms with E-state index in [4.69, 9.17) is 14.4 Å². The summed E-state index contributed by atoms with van der Waals surface area (Å²) in [5.41, 5.74) is 14.7. The molecule has 6 aromatic carbocycles. The lowest BCUT2D eigenvalue weighted by Gasteiger charge is -2.23. The summed E-state index contributed by atoms with van der Waals surface area (Å²) >= 11 is 0. The first-order chi connectivity index (χ1) is 27.7. The van der Waals surface area contributed by atoms with Crippen LogP contribution in [-0.2, 0) is 6.42 Å². The molecule has 2 aliphatic carbocycles. The van der Waals surface area contributed by atoms with Crippen molar-refractivity contribution in [2.24, 2.45) is 9.98 Å². The van der Waals surface area contributed by atoms with Crippen molar-refractivity contribution < 1.29 is 4.42 Å². The van der Waals surface area contributed by atoms with E-state index in [0.29, 0.717) is 5.84 Å². The summed E-state index contributed by atoms with van der Waals surface area (Å²) < 4.78 is 9.13. The smallest absolute Gasteiger partial charge is 0.159 e. The van der Waals surface area contributed by atoms with Gasteiger partial charge in [0.05, 0.1) is 5.52 Å². The predicted molar refractivity (Wildman–Crippen MR) is 232 cm³/mol. The summed E-state index contributed by atoms with van der Waals surface area (Å²) in [6.07, 6.45) is 15.5. The molecule has 56 heavy (non-hydrogen) atoms. The summed E-state index contributed by atoms with van der Waals surface area (Å²) in [5, 5.41) is 7.08. The van der Waals surface area contributed by atoms with Crippen LogP contribution in [0.2, 0.25) is 0 Å². The van der Waals surface area contributed by atoms with Crippen molar-refractivity contribution in [3.05, 3.63) is 197 Å². The molecule has 0 radical (unpaired) electrons. The van der Waals surface area contributed by atoms with E-state index in [-0.39, 0.29) is 6.17 Å². The van der Waals surface area contributed by atoms with E-state index in [1.807, 2.05) is 36.4 Å². The fraction of sp³-hybridized carbons (Fsp3) is 0.0980. The number of allylic oxidation sites excluding steroid dienone is 5. The third kappa shape index (κ3) is 5.54. The fourth-order valence-corrected chi connectivity index (χ4v) is 8.64. The van der Waals surface area contributed by atoms with Crippen molar-refractivity contribution in [3.63, 3.8) is 0 Å². The lowest BCUT2D eigenvalue weighted by atomic mass is 9.97. The maximum atomic E-state index is 6.67. The summed E-state index contributed by atoms with van der Waals surface area (Å²) in [7, 11) is 0. The molecule has 3 heterocycles. The van der Waals surface area contributed by atoms with E-state index in [0.717, 1.165) is 87.0 Å². The van der Waals surface area contributed by atoms with Gasteiger partial charge in [0.1, 0.15) is 23.2 Å². The number of benzene rings is 6. The van der Waals surface area contributed by atoms with Crippen LogP contribution >= 0.6 is 0 Å². The molecule has 0 fully saturated rings. The molecule has 1 atom stereocenters. The minimum absolute atomic E-state index is 0.241. The normalized spacial score (nSPS) is 16.4. The number of furan rings is 1. The predicted octanol–water partition coefficient (Wildman–Crippen LogP) is 12.4. The Kier molecular flexibility index (Phi) is 7.76. The van der Waals surface area contributed by atoms with Gasteiger partial charge in [-0.1, -0.05) is 140 Å². The second-order valence-corrected chi connectivity index (χ2v) is 14.8. The molecule has 1 unspecified atom stereocenters. The molecule has 268 valence electrons. The Morgan fingerprint density at radius 3 is 2.25 bits per heavy atom. The molecule has 2 aromatic heterocycles. The van der Waals surface area contributed by atoms with Crippen molar-refractivity contribution >= 4 is 56.2 Å². The van der Waals surface area contributed by atoms with Crippen LogP contribution in [-0.4, -0.2) is 16.2 Å². The molecule has 11 rings (SSSR count). The number of hydrogen-bond acceptors (Lipinski definition) is 4. The highest BCUT2D eigenvalue weighted by atomic mass is 16.3. The number of aliphatic imine (C=N–C) groups is 2. The van der Waals surface area contributed by atoms with E-state index in [9.17, 15) is 0 Å². The van der Waals surface area contributed by atoms with E-state index in [2.05, 4.69) is 143 Å². The van der Waals surface area contributed by atoms with Crippen molar-refractivity contribution in [3.8, 4) is 16.8 Å². The van der Waals surface area contributed by atoms with Crippen LogP contribution in [0.5, 0.6) is 0 Å². The monoisotopic (exact) mass is 722 g/mol. The molecule has 1 aliphatic heterocycles. The number of rotatable bonds is 6. The van der Waals surface area contributed by atoms with Gasteiger partial charge in [-0.15, -0.1) is 0 Å². The Labute approximate surface area is 325 Å². The minimum Gasteiger partial charge on any atom is -0.456 e. The standard InChI is InChI=1S/C51H38N4O/c1-4-13-33(14-5-1)38-27-29-42-41-19-10-11-21-44(41)55(45(42)31-38)39-28-30-43-47(32-39)56-46-22-12-20-40(48(43)46)34-23-25-37(26-24-34)51-53-49(35-15-6-2-7-16-35)52-50(54-51)36-17-8-3-9-18-36/h2-4,6-10,12-20,22-32,49H,1,5,11,21H2,(H,52,53,54). The zero-order valence-electron chi connectivity index (χ0n) is 30.8. The van der Waals surface area contributed by atoms with Gasteiger partial charge in [-0.05, 0) is 77.8 Å². The Morgan fingerprint density at radius 2 is 1.41 bits per heavy atom. The average molecular weight is 723 g/mol. The maximum Gasteiger partial charge on any atom is 0.159 e. The highest BCUT2D eigenvalue weighted by Gasteiger charge is 2.23. The molecule has 0 bridgehead atoms. The van der Waals surface area contributed by atoms with Gasteiger partial charge in [-0.3, -0.25) is 0 Å². The first-order valence-electron chi connectivity index (χ1n) is 19.6. The lowest BCUT2D eigenvalue weighted by Crippen LogP contribution is -2.33. The van der Waals surface area contributed by atoms with Crippen molar-refractivity contribution in [2.45, 2.75) is 31.8 Å². The van der Waals surface area contributed by atoms with Crippen LogP contribution in [0, 0.1) is 0 Å². The molecule has 8 aromatic rings.